The second-order valence-electron chi connectivity index (χ2n) is 4.64. The van der Waals surface area contributed by atoms with Gasteiger partial charge in [0.25, 0.3) is 5.91 Å². The van der Waals surface area contributed by atoms with Gasteiger partial charge in [-0.05, 0) is 29.7 Å². The highest BCUT2D eigenvalue weighted by Gasteiger charge is 2.12. The molecule has 110 valence electrons. The summed E-state index contributed by atoms with van der Waals surface area (Å²) < 4.78 is 5.08. The predicted octanol–water partition coefficient (Wildman–Crippen LogP) is 3.52. The van der Waals surface area contributed by atoms with Crippen molar-refractivity contribution in [3.8, 4) is 5.75 Å². The highest BCUT2D eigenvalue weighted by molar-refractivity contribution is 7.12. The van der Waals surface area contributed by atoms with Gasteiger partial charge in [-0.15, -0.1) is 0 Å². The molecule has 1 heterocycles. The summed E-state index contributed by atoms with van der Waals surface area (Å²) in [6.45, 7) is 0. The first-order valence-electron chi connectivity index (χ1n) is 6.66. The molecule has 1 aromatic heterocycles. The van der Waals surface area contributed by atoms with Crippen LogP contribution in [0.15, 0.2) is 59.4 Å². The molecule has 0 saturated carbocycles. The van der Waals surface area contributed by atoms with Crippen molar-refractivity contribution in [2.24, 2.45) is 0 Å². The minimum absolute atomic E-state index is 0.122. The molecule has 0 spiro atoms. The van der Waals surface area contributed by atoms with E-state index in [1.54, 1.807) is 37.4 Å². The molecule has 2 aromatic carbocycles. The first kappa shape index (κ1) is 14.3. The lowest BCUT2D eigenvalue weighted by molar-refractivity contribution is 0.103. The van der Waals surface area contributed by atoms with E-state index in [0.717, 1.165) is 16.7 Å². The van der Waals surface area contributed by atoms with Crippen LogP contribution in [-0.2, 0) is 0 Å². The average molecular weight is 311 g/mol. The van der Waals surface area contributed by atoms with Gasteiger partial charge in [-0.25, -0.2) is 0 Å². The molecule has 1 amide bonds. The summed E-state index contributed by atoms with van der Waals surface area (Å²) in [5.41, 5.74) is 0.572. The quantitative estimate of drug-likeness (QED) is 0.805. The number of para-hydroxylation sites is 2. The summed E-state index contributed by atoms with van der Waals surface area (Å²) in [4.78, 5) is 24.8. The van der Waals surface area contributed by atoms with Crippen LogP contribution in [0.2, 0.25) is 0 Å². The zero-order valence-corrected chi connectivity index (χ0v) is 12.6. The van der Waals surface area contributed by atoms with Crippen molar-refractivity contribution in [1.29, 1.82) is 0 Å². The van der Waals surface area contributed by atoms with Crippen molar-refractivity contribution in [2.75, 3.05) is 12.4 Å². The number of hydrogen-bond acceptors (Lipinski definition) is 4. The van der Waals surface area contributed by atoms with Gasteiger partial charge >= 0.3 is 0 Å². The van der Waals surface area contributed by atoms with Gasteiger partial charge in [-0.2, -0.15) is 0 Å². The Hall–Kier alpha value is -2.66. The van der Waals surface area contributed by atoms with E-state index >= 15 is 0 Å². The maximum absolute atomic E-state index is 12.4. The van der Waals surface area contributed by atoms with Crippen LogP contribution in [0.5, 0.6) is 5.75 Å². The molecule has 3 aromatic rings. The van der Waals surface area contributed by atoms with E-state index in [2.05, 4.69) is 5.32 Å². The van der Waals surface area contributed by atoms with Crippen molar-refractivity contribution in [2.45, 2.75) is 0 Å². The molecule has 22 heavy (non-hydrogen) atoms. The monoisotopic (exact) mass is 311 g/mol. The molecule has 1 N–H and O–H groups in total. The van der Waals surface area contributed by atoms with Crippen molar-refractivity contribution < 1.29 is 9.53 Å². The zero-order valence-electron chi connectivity index (χ0n) is 11.8. The minimum Gasteiger partial charge on any atom is -0.495 e. The van der Waals surface area contributed by atoms with Gasteiger partial charge in [0.05, 0.1) is 17.7 Å². The third-order valence-corrected chi connectivity index (χ3v) is 4.18. The van der Waals surface area contributed by atoms with Gasteiger partial charge in [0.2, 0.25) is 4.74 Å². The highest BCUT2D eigenvalue weighted by atomic mass is 32.1. The molecule has 0 atom stereocenters. The van der Waals surface area contributed by atoms with E-state index in [4.69, 9.17) is 4.74 Å². The molecule has 3 rings (SSSR count). The average Bonchev–Trinajstić information content (AvgIpc) is 2.55. The predicted molar refractivity (Wildman–Crippen MR) is 89.0 cm³/mol. The van der Waals surface area contributed by atoms with E-state index in [-0.39, 0.29) is 10.6 Å². The maximum Gasteiger partial charge on any atom is 0.265 e. The molecule has 0 aliphatic heterocycles. The third kappa shape index (κ3) is 2.71. The van der Waals surface area contributed by atoms with Crippen LogP contribution in [0.4, 0.5) is 5.69 Å². The number of amides is 1. The summed E-state index contributed by atoms with van der Waals surface area (Å²) in [5, 5.41) is 4.16. The number of anilines is 1. The topological polar surface area (TPSA) is 55.4 Å². The normalized spacial score (nSPS) is 10.4. The van der Waals surface area contributed by atoms with Gasteiger partial charge in [0.1, 0.15) is 5.75 Å². The van der Waals surface area contributed by atoms with Crippen molar-refractivity contribution in [3.63, 3.8) is 0 Å². The lowest BCUT2D eigenvalue weighted by atomic mass is 10.2. The summed E-state index contributed by atoms with van der Waals surface area (Å²) in [6, 6.07) is 16.1. The molecule has 4 nitrogen and oxygen atoms in total. The lowest BCUT2D eigenvalue weighted by Crippen LogP contribution is -2.13. The molecular weight excluding hydrogens is 298 g/mol. The number of fused-ring (bicyclic) bond motifs is 1. The van der Waals surface area contributed by atoms with E-state index in [1.807, 2.05) is 24.3 Å². The van der Waals surface area contributed by atoms with Gasteiger partial charge in [0, 0.05) is 5.39 Å². The van der Waals surface area contributed by atoms with E-state index in [0.29, 0.717) is 21.7 Å². The zero-order chi connectivity index (χ0) is 15.5. The van der Waals surface area contributed by atoms with Crippen molar-refractivity contribution >= 4 is 33.7 Å². The molecule has 0 saturated heterocycles. The Bertz CT molecular complexity index is 902. The molecular formula is C17H13NO3S. The number of methoxy groups -OCH3 is 1. The molecule has 5 heteroatoms. The molecule has 0 bridgehead atoms. The number of carbonyl (C=O) groups is 1. The van der Waals surface area contributed by atoms with Crippen LogP contribution in [0.3, 0.4) is 0 Å². The molecule has 0 fully saturated rings. The van der Waals surface area contributed by atoms with Crippen LogP contribution >= 0.6 is 11.3 Å². The minimum atomic E-state index is -0.322. The first-order valence-corrected chi connectivity index (χ1v) is 7.48. The summed E-state index contributed by atoms with van der Waals surface area (Å²) >= 11 is 0.939. The van der Waals surface area contributed by atoms with E-state index in [1.165, 1.54) is 0 Å². The molecule has 0 radical (unpaired) electrons. The number of ether oxygens (including phenoxy) is 1. The fraction of sp³-hybridized carbons (Fsp3) is 0.0588. The Morgan fingerprint density at radius 2 is 1.82 bits per heavy atom. The molecule has 0 aliphatic rings. The first-order chi connectivity index (χ1) is 10.7. The Kier molecular flexibility index (Phi) is 3.89. The summed E-state index contributed by atoms with van der Waals surface area (Å²) in [6.07, 6.45) is 0. The highest BCUT2D eigenvalue weighted by Crippen LogP contribution is 2.24. The Morgan fingerprint density at radius 1 is 1.09 bits per heavy atom. The third-order valence-electron chi connectivity index (χ3n) is 3.25. The largest absolute Gasteiger partial charge is 0.495 e. The van der Waals surface area contributed by atoms with Crippen LogP contribution < -0.4 is 14.8 Å². The number of carbonyl (C=O) groups excluding carboxylic acids is 1. The number of nitrogens with one attached hydrogen (secondary N) is 1. The van der Waals surface area contributed by atoms with Gasteiger partial charge in [-0.1, -0.05) is 41.7 Å². The fourth-order valence-electron chi connectivity index (χ4n) is 2.18. The Balaban J connectivity index is 1.97. The van der Waals surface area contributed by atoms with Crippen LogP contribution in [-0.4, -0.2) is 13.0 Å². The molecule has 0 aliphatic carbocycles. The smallest absolute Gasteiger partial charge is 0.265 e. The second-order valence-corrected chi connectivity index (χ2v) is 5.65. The summed E-state index contributed by atoms with van der Waals surface area (Å²) in [5.74, 6) is 0.251. The van der Waals surface area contributed by atoms with Crippen LogP contribution in [0.25, 0.3) is 10.8 Å². The van der Waals surface area contributed by atoms with Crippen LogP contribution in [0, 0.1) is 0 Å². The Morgan fingerprint density at radius 3 is 2.64 bits per heavy atom. The van der Waals surface area contributed by atoms with Crippen molar-refractivity contribution in [3.05, 3.63) is 69.0 Å². The van der Waals surface area contributed by atoms with Gasteiger partial charge < -0.3 is 10.1 Å². The molecule has 0 unspecified atom stereocenters. The van der Waals surface area contributed by atoms with Gasteiger partial charge in [0.15, 0.2) is 0 Å². The standard InChI is InChI=1S/C17H13NO3S/c1-21-14-9-5-4-8-13(14)18-16(19)15-10-11-6-2-3-7-12(11)17(20)22-15/h2-10H,1H3,(H,18,19). The fourth-order valence-corrected chi connectivity index (χ4v) is 3.00. The summed E-state index contributed by atoms with van der Waals surface area (Å²) in [7, 11) is 1.54. The van der Waals surface area contributed by atoms with E-state index in [9.17, 15) is 9.59 Å². The second kappa shape index (κ2) is 5.99. The number of rotatable bonds is 3. The number of hydrogen-bond donors (Lipinski definition) is 1. The lowest BCUT2D eigenvalue weighted by Gasteiger charge is -2.09. The number of benzene rings is 2. The Labute approximate surface area is 131 Å². The van der Waals surface area contributed by atoms with Gasteiger partial charge in [-0.3, -0.25) is 9.59 Å². The van der Waals surface area contributed by atoms with E-state index < -0.39 is 0 Å². The maximum atomic E-state index is 12.4. The van der Waals surface area contributed by atoms with Crippen molar-refractivity contribution in [1.82, 2.24) is 0 Å². The SMILES string of the molecule is COc1ccccc1NC(=O)c1cc2ccccc2c(=O)s1. The van der Waals surface area contributed by atoms with Crippen LogP contribution in [0.1, 0.15) is 9.67 Å².